The van der Waals surface area contributed by atoms with E-state index in [0.717, 1.165) is 29.9 Å². The summed E-state index contributed by atoms with van der Waals surface area (Å²) in [6, 6.07) is 11.3. The summed E-state index contributed by atoms with van der Waals surface area (Å²) >= 11 is 0. The summed E-state index contributed by atoms with van der Waals surface area (Å²) < 4.78 is 10.3. The largest absolute Gasteiger partial charge is 0.497 e. The van der Waals surface area contributed by atoms with E-state index in [9.17, 15) is 4.79 Å². The van der Waals surface area contributed by atoms with Crippen LogP contribution < -0.4 is 10.1 Å². The minimum absolute atomic E-state index is 0.0923. The SMILES string of the molecule is COc1ccc(/C=C/C(=O)NCCCc2ccco2)cc1. The first-order valence-corrected chi connectivity index (χ1v) is 6.90. The molecule has 0 bridgehead atoms. The zero-order chi connectivity index (χ0) is 14.9. The molecular formula is C17H19NO3. The van der Waals surface area contributed by atoms with Crippen LogP contribution >= 0.6 is 0 Å². The Morgan fingerprint density at radius 3 is 2.76 bits per heavy atom. The Bertz CT molecular complexity index is 571. The van der Waals surface area contributed by atoms with Gasteiger partial charge in [0.25, 0.3) is 0 Å². The van der Waals surface area contributed by atoms with Crippen LogP contribution in [0.25, 0.3) is 6.08 Å². The second-order valence-electron chi connectivity index (χ2n) is 4.58. The first-order chi connectivity index (χ1) is 10.3. The molecule has 0 spiro atoms. The third-order valence-electron chi connectivity index (χ3n) is 3.02. The van der Waals surface area contributed by atoms with Crippen molar-refractivity contribution in [1.29, 1.82) is 0 Å². The molecule has 0 unspecified atom stereocenters. The van der Waals surface area contributed by atoms with E-state index in [-0.39, 0.29) is 5.91 Å². The molecule has 0 saturated heterocycles. The number of furan rings is 1. The summed E-state index contributed by atoms with van der Waals surface area (Å²) in [6.07, 6.45) is 6.66. The number of aryl methyl sites for hydroxylation is 1. The molecule has 21 heavy (non-hydrogen) atoms. The van der Waals surface area contributed by atoms with Gasteiger partial charge in [-0.15, -0.1) is 0 Å². The van der Waals surface area contributed by atoms with Crippen molar-refractivity contribution < 1.29 is 13.9 Å². The van der Waals surface area contributed by atoms with E-state index in [1.807, 2.05) is 36.4 Å². The van der Waals surface area contributed by atoms with Crippen LogP contribution in [0.2, 0.25) is 0 Å². The maximum atomic E-state index is 11.7. The summed E-state index contributed by atoms with van der Waals surface area (Å²) in [5.41, 5.74) is 0.960. The smallest absolute Gasteiger partial charge is 0.243 e. The minimum atomic E-state index is -0.0923. The van der Waals surface area contributed by atoms with Gasteiger partial charge in [-0.2, -0.15) is 0 Å². The summed E-state index contributed by atoms with van der Waals surface area (Å²) in [7, 11) is 1.63. The molecule has 110 valence electrons. The van der Waals surface area contributed by atoms with E-state index in [4.69, 9.17) is 9.15 Å². The molecule has 2 rings (SSSR count). The monoisotopic (exact) mass is 285 g/mol. The summed E-state index contributed by atoms with van der Waals surface area (Å²) in [5.74, 6) is 1.65. The highest BCUT2D eigenvalue weighted by Gasteiger charge is 1.98. The van der Waals surface area contributed by atoms with Crippen molar-refractivity contribution >= 4 is 12.0 Å². The Morgan fingerprint density at radius 1 is 1.29 bits per heavy atom. The van der Waals surface area contributed by atoms with Crippen molar-refractivity contribution in [3.05, 3.63) is 60.1 Å². The van der Waals surface area contributed by atoms with Crippen LogP contribution in [0.15, 0.2) is 53.2 Å². The van der Waals surface area contributed by atoms with Crippen LogP contribution in [0.5, 0.6) is 5.75 Å². The molecule has 0 aliphatic heterocycles. The van der Waals surface area contributed by atoms with Gasteiger partial charge in [-0.25, -0.2) is 0 Å². The van der Waals surface area contributed by atoms with Crippen molar-refractivity contribution in [2.45, 2.75) is 12.8 Å². The van der Waals surface area contributed by atoms with Gasteiger partial charge in [0.2, 0.25) is 5.91 Å². The van der Waals surface area contributed by atoms with Crippen LogP contribution in [0.4, 0.5) is 0 Å². The van der Waals surface area contributed by atoms with Crippen molar-refractivity contribution in [1.82, 2.24) is 5.32 Å². The highest BCUT2D eigenvalue weighted by atomic mass is 16.5. The Morgan fingerprint density at radius 2 is 2.10 bits per heavy atom. The lowest BCUT2D eigenvalue weighted by Crippen LogP contribution is -2.22. The number of rotatable bonds is 7. The zero-order valence-electron chi connectivity index (χ0n) is 12.0. The van der Waals surface area contributed by atoms with Gasteiger partial charge in [-0.3, -0.25) is 4.79 Å². The number of nitrogens with one attached hydrogen (secondary N) is 1. The lowest BCUT2D eigenvalue weighted by Gasteiger charge is -2.01. The van der Waals surface area contributed by atoms with E-state index in [1.54, 1.807) is 19.4 Å². The molecule has 0 atom stereocenters. The van der Waals surface area contributed by atoms with Gasteiger partial charge in [-0.1, -0.05) is 12.1 Å². The number of amides is 1. The van der Waals surface area contributed by atoms with Gasteiger partial charge in [0, 0.05) is 19.0 Å². The van der Waals surface area contributed by atoms with E-state index in [2.05, 4.69) is 5.32 Å². The van der Waals surface area contributed by atoms with Crippen molar-refractivity contribution in [3.63, 3.8) is 0 Å². The van der Waals surface area contributed by atoms with E-state index in [1.165, 1.54) is 6.08 Å². The van der Waals surface area contributed by atoms with E-state index >= 15 is 0 Å². The fourth-order valence-corrected chi connectivity index (χ4v) is 1.87. The third kappa shape index (κ3) is 5.18. The number of benzene rings is 1. The van der Waals surface area contributed by atoms with Gasteiger partial charge < -0.3 is 14.5 Å². The average molecular weight is 285 g/mol. The minimum Gasteiger partial charge on any atom is -0.497 e. The summed E-state index contributed by atoms with van der Waals surface area (Å²) in [5, 5.41) is 2.85. The number of carbonyl (C=O) groups is 1. The van der Waals surface area contributed by atoms with Crippen molar-refractivity contribution in [2.24, 2.45) is 0 Å². The Balaban J connectivity index is 1.69. The molecule has 4 heteroatoms. The van der Waals surface area contributed by atoms with Crippen LogP contribution in [0, 0.1) is 0 Å². The van der Waals surface area contributed by atoms with Crippen LogP contribution in [-0.2, 0) is 11.2 Å². The van der Waals surface area contributed by atoms with Crippen LogP contribution in [0.1, 0.15) is 17.7 Å². The highest BCUT2D eigenvalue weighted by Crippen LogP contribution is 2.12. The predicted molar refractivity (Wildman–Crippen MR) is 82.1 cm³/mol. The number of methoxy groups -OCH3 is 1. The summed E-state index contributed by atoms with van der Waals surface area (Å²) in [4.78, 5) is 11.7. The van der Waals surface area contributed by atoms with Gasteiger partial charge in [0.1, 0.15) is 11.5 Å². The molecule has 1 amide bonds. The topological polar surface area (TPSA) is 51.5 Å². The maximum Gasteiger partial charge on any atom is 0.243 e. The standard InChI is InChI=1S/C17H19NO3/c1-20-15-9-6-14(7-10-15)8-11-17(19)18-12-2-4-16-5-3-13-21-16/h3,5-11,13H,2,4,12H2,1H3,(H,18,19)/b11-8+. The fourth-order valence-electron chi connectivity index (χ4n) is 1.87. The van der Waals surface area contributed by atoms with Gasteiger partial charge >= 0.3 is 0 Å². The molecule has 1 N–H and O–H groups in total. The zero-order valence-corrected chi connectivity index (χ0v) is 12.0. The molecule has 1 heterocycles. The second kappa shape index (κ2) is 7.94. The van der Waals surface area contributed by atoms with E-state index < -0.39 is 0 Å². The predicted octanol–water partition coefficient (Wildman–Crippen LogP) is 3.05. The fraction of sp³-hybridized carbons (Fsp3) is 0.235. The second-order valence-corrected chi connectivity index (χ2v) is 4.58. The molecule has 0 radical (unpaired) electrons. The van der Waals surface area contributed by atoms with Gasteiger partial charge in [0.05, 0.1) is 13.4 Å². The maximum absolute atomic E-state index is 11.7. The molecule has 0 aliphatic carbocycles. The first kappa shape index (κ1) is 14.9. The molecule has 0 saturated carbocycles. The Labute approximate surface area is 124 Å². The molecule has 0 fully saturated rings. The van der Waals surface area contributed by atoms with Crippen molar-refractivity contribution in [2.75, 3.05) is 13.7 Å². The average Bonchev–Trinajstić information content (AvgIpc) is 3.03. The molecule has 1 aromatic carbocycles. The molecule has 1 aromatic heterocycles. The third-order valence-corrected chi connectivity index (χ3v) is 3.02. The van der Waals surface area contributed by atoms with Crippen molar-refractivity contribution in [3.8, 4) is 5.75 Å². The number of hydrogen-bond donors (Lipinski definition) is 1. The number of ether oxygens (including phenoxy) is 1. The Hall–Kier alpha value is -2.49. The summed E-state index contributed by atoms with van der Waals surface area (Å²) in [6.45, 7) is 0.631. The van der Waals surface area contributed by atoms with Gasteiger partial charge in [-0.05, 0) is 42.3 Å². The van der Waals surface area contributed by atoms with Crippen LogP contribution in [0.3, 0.4) is 0 Å². The number of hydrogen-bond acceptors (Lipinski definition) is 3. The number of carbonyl (C=O) groups excluding carboxylic acids is 1. The van der Waals surface area contributed by atoms with Crippen LogP contribution in [-0.4, -0.2) is 19.6 Å². The normalized spacial score (nSPS) is 10.7. The highest BCUT2D eigenvalue weighted by molar-refractivity contribution is 5.91. The lowest BCUT2D eigenvalue weighted by molar-refractivity contribution is -0.116. The molecule has 4 nitrogen and oxygen atoms in total. The lowest BCUT2D eigenvalue weighted by atomic mass is 10.2. The molecular weight excluding hydrogens is 266 g/mol. The molecule has 0 aliphatic rings. The van der Waals surface area contributed by atoms with E-state index in [0.29, 0.717) is 6.54 Å². The molecule has 2 aromatic rings. The first-order valence-electron chi connectivity index (χ1n) is 6.90. The quantitative estimate of drug-likeness (QED) is 0.628. The Kier molecular flexibility index (Phi) is 5.64. The van der Waals surface area contributed by atoms with Gasteiger partial charge in [0.15, 0.2) is 0 Å².